The molecule has 2 rings (SSSR count). The quantitative estimate of drug-likeness (QED) is 0.451. The molecule has 6 heteroatoms. The zero-order valence-electron chi connectivity index (χ0n) is 18.8. The Morgan fingerprint density at radius 1 is 0.903 bits per heavy atom. The maximum Gasteiger partial charge on any atom is 0.329 e. The first-order valence-electron chi connectivity index (χ1n) is 10.5. The molecule has 166 valence electrons. The molecule has 2 aromatic carbocycles. The number of nitrogens with one attached hydrogen (secondary N) is 1. The lowest BCUT2D eigenvalue weighted by Gasteiger charge is -2.21. The van der Waals surface area contributed by atoms with Crippen LogP contribution < -0.4 is 10.1 Å². The second-order valence-electron chi connectivity index (χ2n) is 7.89. The highest BCUT2D eigenvalue weighted by Crippen LogP contribution is 2.19. The Hall–Kier alpha value is -3.15. The predicted octanol–water partition coefficient (Wildman–Crippen LogP) is 4.39. The number of carbonyl (C=O) groups is 3. The highest BCUT2D eigenvalue weighted by molar-refractivity contribution is 5.99. The average molecular weight is 426 g/mol. The van der Waals surface area contributed by atoms with E-state index in [9.17, 15) is 14.4 Å². The van der Waals surface area contributed by atoms with Crippen LogP contribution in [0, 0.1) is 5.92 Å². The second-order valence-corrected chi connectivity index (χ2v) is 7.89. The molecule has 0 aromatic heterocycles. The van der Waals surface area contributed by atoms with Crippen LogP contribution in [-0.4, -0.2) is 37.4 Å². The SMILES string of the molecule is CC[C@@H](C)c1ccc(C(=O)COC(=O)[C@@H](NC(=O)c2ccc(OC)cc2)C(C)C)cc1. The van der Waals surface area contributed by atoms with Gasteiger partial charge in [-0.25, -0.2) is 4.79 Å². The first-order chi connectivity index (χ1) is 14.8. The van der Waals surface area contributed by atoms with Gasteiger partial charge in [0.15, 0.2) is 12.4 Å². The normalized spacial score (nSPS) is 12.7. The molecule has 0 radical (unpaired) electrons. The van der Waals surface area contributed by atoms with Gasteiger partial charge in [-0.1, -0.05) is 52.0 Å². The summed E-state index contributed by atoms with van der Waals surface area (Å²) < 4.78 is 10.3. The van der Waals surface area contributed by atoms with Gasteiger partial charge in [-0.05, 0) is 48.1 Å². The minimum absolute atomic E-state index is 0.209. The molecule has 2 aromatic rings. The molecule has 1 amide bonds. The Bertz CT molecular complexity index is 887. The highest BCUT2D eigenvalue weighted by atomic mass is 16.5. The zero-order valence-corrected chi connectivity index (χ0v) is 18.8. The summed E-state index contributed by atoms with van der Waals surface area (Å²) in [6, 6.07) is 13.1. The molecule has 0 fully saturated rings. The molecule has 31 heavy (non-hydrogen) atoms. The van der Waals surface area contributed by atoms with E-state index in [0.717, 1.165) is 12.0 Å². The van der Waals surface area contributed by atoms with E-state index in [1.54, 1.807) is 57.4 Å². The lowest BCUT2D eigenvalue weighted by Crippen LogP contribution is -2.45. The molecular weight excluding hydrogens is 394 g/mol. The smallest absolute Gasteiger partial charge is 0.329 e. The van der Waals surface area contributed by atoms with Crippen LogP contribution in [0.3, 0.4) is 0 Å². The number of amides is 1. The number of hydrogen-bond acceptors (Lipinski definition) is 5. The summed E-state index contributed by atoms with van der Waals surface area (Å²) >= 11 is 0. The summed E-state index contributed by atoms with van der Waals surface area (Å²) in [6.45, 7) is 7.47. The van der Waals surface area contributed by atoms with Gasteiger partial charge in [-0.2, -0.15) is 0 Å². The Morgan fingerprint density at radius 3 is 2.00 bits per heavy atom. The number of rotatable bonds is 10. The van der Waals surface area contributed by atoms with Crippen LogP contribution in [0.2, 0.25) is 0 Å². The number of hydrogen-bond donors (Lipinski definition) is 1. The molecule has 0 saturated carbocycles. The fourth-order valence-electron chi connectivity index (χ4n) is 3.01. The Labute approximate surface area is 183 Å². The summed E-state index contributed by atoms with van der Waals surface area (Å²) in [7, 11) is 1.54. The highest BCUT2D eigenvalue weighted by Gasteiger charge is 2.27. The van der Waals surface area contributed by atoms with E-state index in [2.05, 4.69) is 19.2 Å². The van der Waals surface area contributed by atoms with Crippen LogP contribution in [0.4, 0.5) is 0 Å². The van der Waals surface area contributed by atoms with Crippen molar-refractivity contribution in [1.29, 1.82) is 0 Å². The number of esters is 1. The topological polar surface area (TPSA) is 81.7 Å². The summed E-state index contributed by atoms with van der Waals surface area (Å²) in [5.74, 6) is -0.477. The van der Waals surface area contributed by atoms with Crippen LogP contribution in [0.15, 0.2) is 48.5 Å². The molecule has 0 aliphatic rings. The van der Waals surface area contributed by atoms with Gasteiger partial charge in [0, 0.05) is 11.1 Å². The lowest BCUT2D eigenvalue weighted by molar-refractivity contribution is -0.145. The average Bonchev–Trinajstić information content (AvgIpc) is 2.79. The molecule has 0 bridgehead atoms. The van der Waals surface area contributed by atoms with Gasteiger partial charge in [0.05, 0.1) is 7.11 Å². The number of ether oxygens (including phenoxy) is 2. The maximum atomic E-state index is 12.6. The minimum atomic E-state index is -0.866. The third kappa shape index (κ3) is 6.67. The summed E-state index contributed by atoms with van der Waals surface area (Å²) in [5.41, 5.74) is 2.05. The van der Waals surface area contributed by atoms with Gasteiger partial charge in [0.2, 0.25) is 0 Å². The van der Waals surface area contributed by atoms with Crippen molar-refractivity contribution >= 4 is 17.7 Å². The van der Waals surface area contributed by atoms with Crippen molar-refractivity contribution < 1.29 is 23.9 Å². The Balaban J connectivity index is 1.96. The molecule has 6 nitrogen and oxygen atoms in total. The van der Waals surface area contributed by atoms with Crippen LogP contribution in [0.25, 0.3) is 0 Å². The van der Waals surface area contributed by atoms with E-state index in [1.807, 2.05) is 12.1 Å². The third-order valence-corrected chi connectivity index (χ3v) is 5.32. The van der Waals surface area contributed by atoms with Gasteiger partial charge in [0.25, 0.3) is 5.91 Å². The zero-order chi connectivity index (χ0) is 23.0. The molecule has 0 heterocycles. The van der Waals surface area contributed by atoms with Crippen molar-refractivity contribution in [2.45, 2.75) is 46.1 Å². The fraction of sp³-hybridized carbons (Fsp3) is 0.400. The third-order valence-electron chi connectivity index (χ3n) is 5.32. The van der Waals surface area contributed by atoms with Crippen LogP contribution in [-0.2, 0) is 9.53 Å². The van der Waals surface area contributed by atoms with Crippen LogP contribution in [0.1, 0.15) is 66.3 Å². The number of methoxy groups -OCH3 is 1. The van der Waals surface area contributed by atoms with Crippen molar-refractivity contribution in [3.63, 3.8) is 0 Å². The van der Waals surface area contributed by atoms with E-state index in [1.165, 1.54) is 0 Å². The van der Waals surface area contributed by atoms with Gasteiger partial charge in [-0.15, -0.1) is 0 Å². The Morgan fingerprint density at radius 2 is 1.48 bits per heavy atom. The van der Waals surface area contributed by atoms with Crippen molar-refractivity contribution in [2.24, 2.45) is 5.92 Å². The summed E-state index contributed by atoms with van der Waals surface area (Å²) in [5, 5.41) is 2.69. The molecular formula is C25H31NO5. The molecule has 0 aliphatic heterocycles. The molecule has 1 N–H and O–H groups in total. The van der Waals surface area contributed by atoms with E-state index in [4.69, 9.17) is 9.47 Å². The van der Waals surface area contributed by atoms with Gasteiger partial charge in [-0.3, -0.25) is 9.59 Å². The first-order valence-corrected chi connectivity index (χ1v) is 10.5. The minimum Gasteiger partial charge on any atom is -0.497 e. The Kier molecular flexibility index (Phi) is 8.79. The number of carbonyl (C=O) groups excluding carboxylic acids is 3. The predicted molar refractivity (Wildman–Crippen MR) is 120 cm³/mol. The van der Waals surface area contributed by atoms with E-state index >= 15 is 0 Å². The number of ketones is 1. The van der Waals surface area contributed by atoms with E-state index in [-0.39, 0.29) is 18.3 Å². The summed E-state index contributed by atoms with van der Waals surface area (Å²) in [6.07, 6.45) is 1.02. The molecule has 0 spiro atoms. The van der Waals surface area contributed by atoms with Crippen molar-refractivity contribution in [3.8, 4) is 5.75 Å². The monoisotopic (exact) mass is 425 g/mol. The van der Waals surface area contributed by atoms with Gasteiger partial charge in [0.1, 0.15) is 11.8 Å². The van der Waals surface area contributed by atoms with Gasteiger partial charge >= 0.3 is 5.97 Å². The van der Waals surface area contributed by atoms with E-state index < -0.39 is 17.9 Å². The van der Waals surface area contributed by atoms with Crippen molar-refractivity contribution in [1.82, 2.24) is 5.32 Å². The van der Waals surface area contributed by atoms with Crippen molar-refractivity contribution in [3.05, 3.63) is 65.2 Å². The second kappa shape index (κ2) is 11.3. The largest absolute Gasteiger partial charge is 0.497 e. The van der Waals surface area contributed by atoms with Gasteiger partial charge < -0.3 is 14.8 Å². The van der Waals surface area contributed by atoms with Crippen LogP contribution in [0.5, 0.6) is 5.75 Å². The maximum absolute atomic E-state index is 12.6. The van der Waals surface area contributed by atoms with Crippen molar-refractivity contribution in [2.75, 3.05) is 13.7 Å². The molecule has 0 saturated heterocycles. The summed E-state index contributed by atoms with van der Waals surface area (Å²) in [4.78, 5) is 37.5. The van der Waals surface area contributed by atoms with Crippen LogP contribution >= 0.6 is 0 Å². The fourth-order valence-corrected chi connectivity index (χ4v) is 3.01. The number of benzene rings is 2. The lowest BCUT2D eigenvalue weighted by atomic mass is 9.97. The first kappa shape index (κ1) is 24.1. The van der Waals surface area contributed by atoms with E-state index in [0.29, 0.717) is 22.8 Å². The standard InChI is InChI=1S/C25H31NO5/c1-6-17(4)18-7-9-19(10-8-18)22(27)15-31-25(29)23(16(2)3)26-24(28)20-11-13-21(30-5)14-12-20/h7-14,16-17,23H,6,15H2,1-5H3,(H,26,28)/t17-,23+/m1/s1. The molecule has 0 aliphatic carbocycles. The number of Topliss-reactive ketones (excluding diaryl/α,β-unsaturated/α-hetero) is 1. The molecule has 2 atom stereocenters. The molecule has 0 unspecified atom stereocenters.